The Morgan fingerprint density at radius 1 is 1.46 bits per heavy atom. The minimum Gasteiger partial charge on any atom is -0.390 e. The molecule has 0 aliphatic carbocycles. The van der Waals surface area contributed by atoms with Crippen LogP contribution in [0.15, 0.2) is 24.4 Å². The molecule has 0 spiro atoms. The van der Waals surface area contributed by atoms with Gasteiger partial charge in [-0.15, -0.1) is 0 Å². The van der Waals surface area contributed by atoms with Gasteiger partial charge in [-0.2, -0.15) is 0 Å². The van der Waals surface area contributed by atoms with E-state index < -0.39 is 0 Å². The Bertz CT molecular complexity index is 382. The number of aliphatic hydroxyl groups is 1. The van der Waals surface area contributed by atoms with Gasteiger partial charge in [0.2, 0.25) is 0 Å². The summed E-state index contributed by atoms with van der Waals surface area (Å²) in [4.78, 5) is 4.34. The zero-order valence-corrected chi connectivity index (χ0v) is 7.57. The van der Waals surface area contributed by atoms with Crippen molar-refractivity contribution in [1.29, 1.82) is 0 Å². The van der Waals surface area contributed by atoms with Gasteiger partial charge in [0.15, 0.2) is 0 Å². The quantitative estimate of drug-likeness (QED) is 0.750. The van der Waals surface area contributed by atoms with E-state index in [2.05, 4.69) is 11.9 Å². The Morgan fingerprint density at radius 2 is 2.31 bits per heavy atom. The normalized spacial score (nSPS) is 10.9. The van der Waals surface area contributed by atoms with Crippen LogP contribution in [-0.2, 0) is 13.0 Å². The lowest BCUT2D eigenvalue weighted by Gasteiger charge is -1.95. The van der Waals surface area contributed by atoms with Gasteiger partial charge >= 0.3 is 0 Å². The second-order valence-electron chi connectivity index (χ2n) is 2.94. The summed E-state index contributed by atoms with van der Waals surface area (Å²) in [6.07, 6.45) is 2.85. The van der Waals surface area contributed by atoms with Crippen LogP contribution < -0.4 is 0 Å². The van der Waals surface area contributed by atoms with E-state index >= 15 is 0 Å². The van der Waals surface area contributed by atoms with Crippen molar-refractivity contribution in [3.05, 3.63) is 35.9 Å². The third-order valence-corrected chi connectivity index (χ3v) is 2.16. The van der Waals surface area contributed by atoms with E-state index in [1.54, 1.807) is 0 Å². The molecule has 2 heterocycles. The van der Waals surface area contributed by atoms with Crippen LogP contribution in [0.5, 0.6) is 0 Å². The molecule has 3 heteroatoms. The van der Waals surface area contributed by atoms with E-state index in [1.807, 2.05) is 28.8 Å². The number of hydrogen-bond acceptors (Lipinski definition) is 2. The Labute approximate surface area is 76.7 Å². The highest BCUT2D eigenvalue weighted by Crippen LogP contribution is 2.12. The number of aryl methyl sites for hydroxylation is 1. The summed E-state index contributed by atoms with van der Waals surface area (Å²) in [5.41, 5.74) is 1.76. The van der Waals surface area contributed by atoms with Gasteiger partial charge in [0.05, 0.1) is 17.8 Å². The van der Waals surface area contributed by atoms with Gasteiger partial charge in [-0.1, -0.05) is 13.0 Å². The minimum atomic E-state index is 0.00745. The molecule has 1 N–H and O–H groups in total. The molecule has 0 aromatic carbocycles. The van der Waals surface area contributed by atoms with Gasteiger partial charge in [0, 0.05) is 12.6 Å². The molecule has 2 aromatic heterocycles. The maximum atomic E-state index is 9.07. The van der Waals surface area contributed by atoms with Crippen molar-refractivity contribution in [3.8, 4) is 0 Å². The van der Waals surface area contributed by atoms with Gasteiger partial charge in [0.25, 0.3) is 0 Å². The Balaban J connectivity index is 2.74. The molecule has 0 radical (unpaired) electrons. The molecule has 0 aliphatic rings. The SMILES string of the molecule is CCc1nc(CO)c2ccccn12. The molecule has 2 aromatic rings. The first-order valence-corrected chi connectivity index (χ1v) is 4.42. The lowest BCUT2D eigenvalue weighted by Crippen LogP contribution is -1.90. The first kappa shape index (κ1) is 8.26. The fourth-order valence-electron chi connectivity index (χ4n) is 1.54. The number of fused-ring (bicyclic) bond motifs is 1. The molecule has 0 saturated carbocycles. The van der Waals surface area contributed by atoms with Crippen molar-refractivity contribution in [1.82, 2.24) is 9.38 Å². The van der Waals surface area contributed by atoms with E-state index in [0.29, 0.717) is 0 Å². The summed E-state index contributed by atoms with van der Waals surface area (Å²) in [5, 5.41) is 9.07. The summed E-state index contributed by atoms with van der Waals surface area (Å²) >= 11 is 0. The maximum absolute atomic E-state index is 9.07. The van der Waals surface area contributed by atoms with Gasteiger partial charge in [-0.25, -0.2) is 4.98 Å². The van der Waals surface area contributed by atoms with Crippen molar-refractivity contribution in [2.75, 3.05) is 0 Å². The van der Waals surface area contributed by atoms with E-state index in [1.165, 1.54) is 0 Å². The summed E-state index contributed by atoms with van der Waals surface area (Å²) < 4.78 is 2.02. The largest absolute Gasteiger partial charge is 0.390 e. The van der Waals surface area contributed by atoms with Gasteiger partial charge in [0.1, 0.15) is 5.82 Å². The van der Waals surface area contributed by atoms with Crippen LogP contribution >= 0.6 is 0 Å². The van der Waals surface area contributed by atoms with Crippen molar-refractivity contribution in [3.63, 3.8) is 0 Å². The average Bonchev–Trinajstić information content (AvgIpc) is 2.56. The van der Waals surface area contributed by atoms with Crippen LogP contribution in [0.3, 0.4) is 0 Å². The van der Waals surface area contributed by atoms with E-state index in [4.69, 9.17) is 5.11 Å². The first-order chi connectivity index (χ1) is 6.36. The number of pyridine rings is 1. The second kappa shape index (κ2) is 3.18. The second-order valence-corrected chi connectivity index (χ2v) is 2.94. The molecule has 2 rings (SSSR count). The molecule has 3 nitrogen and oxygen atoms in total. The van der Waals surface area contributed by atoms with Crippen LogP contribution in [0.25, 0.3) is 5.52 Å². The third kappa shape index (κ3) is 1.21. The molecule has 0 aliphatic heterocycles. The van der Waals surface area contributed by atoms with Crippen molar-refractivity contribution in [2.24, 2.45) is 0 Å². The van der Waals surface area contributed by atoms with Crippen LogP contribution in [0.2, 0.25) is 0 Å². The van der Waals surface area contributed by atoms with Crippen molar-refractivity contribution in [2.45, 2.75) is 20.0 Å². The summed E-state index contributed by atoms with van der Waals surface area (Å²) in [6, 6.07) is 5.89. The molecule has 0 amide bonds. The lowest BCUT2D eigenvalue weighted by atomic mass is 10.3. The lowest BCUT2D eigenvalue weighted by molar-refractivity contribution is 0.279. The van der Waals surface area contributed by atoms with E-state index in [-0.39, 0.29) is 6.61 Å². The third-order valence-electron chi connectivity index (χ3n) is 2.16. The number of imidazole rings is 1. The summed E-state index contributed by atoms with van der Waals surface area (Å²) in [6.45, 7) is 2.07. The zero-order chi connectivity index (χ0) is 9.26. The maximum Gasteiger partial charge on any atom is 0.113 e. The van der Waals surface area contributed by atoms with Gasteiger partial charge < -0.3 is 9.51 Å². The predicted octanol–water partition coefficient (Wildman–Crippen LogP) is 1.39. The molecule has 0 unspecified atom stereocenters. The van der Waals surface area contributed by atoms with Crippen LogP contribution in [0.4, 0.5) is 0 Å². The Kier molecular flexibility index (Phi) is 2.02. The molecular formula is C10H12N2O. The van der Waals surface area contributed by atoms with Gasteiger partial charge in [-0.05, 0) is 12.1 Å². The average molecular weight is 176 g/mol. The molecular weight excluding hydrogens is 164 g/mol. The fraction of sp³-hybridized carbons (Fsp3) is 0.300. The highest BCUT2D eigenvalue weighted by atomic mass is 16.3. The fourth-order valence-corrected chi connectivity index (χ4v) is 1.54. The van der Waals surface area contributed by atoms with E-state index in [9.17, 15) is 0 Å². The van der Waals surface area contributed by atoms with Crippen LogP contribution in [-0.4, -0.2) is 14.5 Å². The first-order valence-electron chi connectivity index (χ1n) is 4.42. The van der Waals surface area contributed by atoms with Crippen molar-refractivity contribution < 1.29 is 5.11 Å². The number of nitrogens with zero attached hydrogens (tertiary/aromatic N) is 2. The van der Waals surface area contributed by atoms with Crippen LogP contribution in [0, 0.1) is 0 Å². The zero-order valence-electron chi connectivity index (χ0n) is 7.57. The van der Waals surface area contributed by atoms with Crippen molar-refractivity contribution >= 4 is 5.52 Å². The molecule has 0 saturated heterocycles. The molecule has 13 heavy (non-hydrogen) atoms. The highest BCUT2D eigenvalue weighted by molar-refractivity contribution is 5.52. The molecule has 68 valence electrons. The monoisotopic (exact) mass is 176 g/mol. The van der Waals surface area contributed by atoms with Crippen LogP contribution in [0.1, 0.15) is 18.4 Å². The minimum absolute atomic E-state index is 0.00745. The number of hydrogen-bond donors (Lipinski definition) is 1. The highest BCUT2D eigenvalue weighted by Gasteiger charge is 2.06. The number of aliphatic hydroxyl groups excluding tert-OH is 1. The smallest absolute Gasteiger partial charge is 0.113 e. The van der Waals surface area contributed by atoms with E-state index in [0.717, 1.165) is 23.5 Å². The van der Waals surface area contributed by atoms with Gasteiger partial charge in [-0.3, -0.25) is 0 Å². The molecule has 0 fully saturated rings. The summed E-state index contributed by atoms with van der Waals surface area (Å²) in [7, 11) is 0. The summed E-state index contributed by atoms with van der Waals surface area (Å²) in [5.74, 6) is 1.000. The predicted molar refractivity (Wildman–Crippen MR) is 50.5 cm³/mol. The number of aromatic nitrogens is 2. The topological polar surface area (TPSA) is 37.5 Å². The Hall–Kier alpha value is -1.35. The Morgan fingerprint density at radius 3 is 3.00 bits per heavy atom. The molecule has 0 bridgehead atoms. The standard InChI is InChI=1S/C10H12N2O/c1-2-10-11-8(7-13)9-5-3-4-6-12(9)10/h3-6,13H,2,7H2,1H3. The molecule has 0 atom stereocenters. The number of rotatable bonds is 2.